The molecule has 2 aromatic heterocycles. The number of carboxylic acids is 1. The van der Waals surface area contributed by atoms with Crippen molar-refractivity contribution in [2.75, 3.05) is 0 Å². The van der Waals surface area contributed by atoms with Gasteiger partial charge in [-0.2, -0.15) is 4.98 Å². The highest BCUT2D eigenvalue weighted by Gasteiger charge is 2.07. The van der Waals surface area contributed by atoms with Gasteiger partial charge in [0.1, 0.15) is 0 Å². The molecule has 0 fully saturated rings. The Balaban J connectivity index is 1.77. The van der Waals surface area contributed by atoms with Gasteiger partial charge < -0.3 is 5.11 Å². The lowest BCUT2D eigenvalue weighted by Gasteiger charge is -2.00. The fourth-order valence-corrected chi connectivity index (χ4v) is 2.62. The number of carboxylic acid groups (broad SMARTS) is 1. The summed E-state index contributed by atoms with van der Waals surface area (Å²) < 4.78 is 1.63. The summed E-state index contributed by atoms with van der Waals surface area (Å²) >= 11 is 1.45. The first-order chi connectivity index (χ1) is 10.1. The summed E-state index contributed by atoms with van der Waals surface area (Å²) in [6.07, 6.45) is 1.82. The number of hydrogen-bond donors (Lipinski definition) is 1. The quantitative estimate of drug-likeness (QED) is 0.745. The summed E-state index contributed by atoms with van der Waals surface area (Å²) in [5.41, 5.74) is 2.09. The van der Waals surface area contributed by atoms with E-state index in [9.17, 15) is 4.79 Å². The van der Waals surface area contributed by atoms with Crippen LogP contribution in [0.1, 0.15) is 21.6 Å². The van der Waals surface area contributed by atoms with E-state index >= 15 is 0 Å². The summed E-state index contributed by atoms with van der Waals surface area (Å²) in [7, 11) is 0. The lowest BCUT2D eigenvalue weighted by atomic mass is 10.1. The Morgan fingerprint density at radius 3 is 3.00 bits per heavy atom. The van der Waals surface area contributed by atoms with Gasteiger partial charge in [-0.1, -0.05) is 23.9 Å². The predicted octanol–water partition coefficient (Wildman–Crippen LogP) is 2.42. The van der Waals surface area contributed by atoms with Crippen LogP contribution in [0.5, 0.6) is 0 Å². The van der Waals surface area contributed by atoms with Crippen LogP contribution >= 0.6 is 11.8 Å². The van der Waals surface area contributed by atoms with Crippen molar-refractivity contribution in [2.45, 2.75) is 17.8 Å². The molecule has 0 bridgehead atoms. The second-order valence-electron chi connectivity index (χ2n) is 4.50. The van der Waals surface area contributed by atoms with E-state index in [0.29, 0.717) is 16.7 Å². The maximum absolute atomic E-state index is 10.9. The molecular weight excluding hydrogens is 288 g/mol. The third kappa shape index (κ3) is 3.03. The van der Waals surface area contributed by atoms with E-state index in [2.05, 4.69) is 15.1 Å². The van der Waals surface area contributed by atoms with Crippen molar-refractivity contribution in [1.82, 2.24) is 19.6 Å². The van der Waals surface area contributed by atoms with Crippen molar-refractivity contribution < 1.29 is 9.90 Å². The maximum atomic E-state index is 10.9. The Bertz CT molecular complexity index is 816. The molecule has 0 atom stereocenters. The van der Waals surface area contributed by atoms with Crippen molar-refractivity contribution in [1.29, 1.82) is 0 Å². The second-order valence-corrected chi connectivity index (χ2v) is 5.44. The van der Waals surface area contributed by atoms with E-state index in [0.717, 1.165) is 11.3 Å². The van der Waals surface area contributed by atoms with Crippen LogP contribution in [0.2, 0.25) is 0 Å². The molecule has 0 aliphatic rings. The van der Waals surface area contributed by atoms with Gasteiger partial charge in [0.05, 0.1) is 5.56 Å². The first-order valence-corrected chi connectivity index (χ1v) is 7.25. The van der Waals surface area contributed by atoms with E-state index in [4.69, 9.17) is 5.11 Å². The molecule has 0 spiro atoms. The van der Waals surface area contributed by atoms with Crippen molar-refractivity contribution in [3.63, 3.8) is 0 Å². The average molecular weight is 300 g/mol. The molecule has 0 amide bonds. The molecule has 3 aromatic rings. The number of aryl methyl sites for hydroxylation is 1. The van der Waals surface area contributed by atoms with Gasteiger partial charge in [-0.05, 0) is 30.7 Å². The van der Waals surface area contributed by atoms with Crippen LogP contribution in [0.15, 0.2) is 41.7 Å². The molecule has 21 heavy (non-hydrogen) atoms. The van der Waals surface area contributed by atoms with Gasteiger partial charge in [-0.25, -0.2) is 14.3 Å². The number of carbonyl (C=O) groups is 1. The summed E-state index contributed by atoms with van der Waals surface area (Å²) in [4.78, 5) is 19.6. The molecule has 0 unspecified atom stereocenters. The highest BCUT2D eigenvalue weighted by molar-refractivity contribution is 7.98. The molecule has 0 saturated carbocycles. The van der Waals surface area contributed by atoms with Crippen LogP contribution in [0.25, 0.3) is 5.78 Å². The summed E-state index contributed by atoms with van der Waals surface area (Å²) in [6, 6.07) is 8.73. The Labute approximate surface area is 124 Å². The first kappa shape index (κ1) is 13.6. The monoisotopic (exact) mass is 300 g/mol. The predicted molar refractivity (Wildman–Crippen MR) is 78.5 cm³/mol. The normalized spacial score (nSPS) is 10.9. The van der Waals surface area contributed by atoms with Gasteiger partial charge in [0.15, 0.2) is 0 Å². The molecular formula is C14H12N4O2S. The highest BCUT2D eigenvalue weighted by atomic mass is 32.2. The first-order valence-electron chi connectivity index (χ1n) is 6.27. The smallest absolute Gasteiger partial charge is 0.335 e. The number of nitrogens with zero attached hydrogens (tertiary/aromatic N) is 4. The van der Waals surface area contributed by atoms with E-state index in [-0.39, 0.29) is 5.56 Å². The lowest BCUT2D eigenvalue weighted by Crippen LogP contribution is -1.96. The Morgan fingerprint density at radius 2 is 2.19 bits per heavy atom. The standard InChI is InChI=1S/C14H12N4O2S/c1-9-5-6-18-13(15-9)16-14(17-18)21-8-10-3-2-4-11(7-10)12(19)20/h2-7H,8H2,1H3,(H,19,20). The minimum absolute atomic E-state index is 0.286. The number of rotatable bonds is 4. The number of fused-ring (bicyclic) bond motifs is 1. The zero-order valence-electron chi connectivity index (χ0n) is 11.2. The summed E-state index contributed by atoms with van der Waals surface area (Å²) in [5.74, 6) is 0.251. The van der Waals surface area contributed by atoms with Crippen LogP contribution in [0, 0.1) is 6.92 Å². The average Bonchev–Trinajstić information content (AvgIpc) is 2.87. The molecule has 1 N–H and O–H groups in total. The fourth-order valence-electron chi connectivity index (χ4n) is 1.85. The summed E-state index contributed by atoms with van der Waals surface area (Å²) in [6.45, 7) is 1.90. The molecule has 0 saturated heterocycles. The van der Waals surface area contributed by atoms with E-state index in [1.54, 1.807) is 22.7 Å². The van der Waals surface area contributed by atoms with Crippen molar-refractivity contribution in [2.24, 2.45) is 0 Å². The van der Waals surface area contributed by atoms with Crippen LogP contribution in [0.4, 0.5) is 0 Å². The highest BCUT2D eigenvalue weighted by Crippen LogP contribution is 2.20. The largest absolute Gasteiger partial charge is 0.478 e. The van der Waals surface area contributed by atoms with Gasteiger partial charge in [-0.3, -0.25) is 0 Å². The third-order valence-corrected chi connectivity index (χ3v) is 3.78. The zero-order chi connectivity index (χ0) is 14.8. The number of thioether (sulfide) groups is 1. The molecule has 2 heterocycles. The molecule has 0 aliphatic carbocycles. The van der Waals surface area contributed by atoms with E-state index < -0.39 is 5.97 Å². The molecule has 0 radical (unpaired) electrons. The van der Waals surface area contributed by atoms with Gasteiger partial charge in [-0.15, -0.1) is 5.10 Å². The molecule has 106 valence electrons. The van der Waals surface area contributed by atoms with Gasteiger partial charge >= 0.3 is 5.97 Å². The Morgan fingerprint density at radius 1 is 1.33 bits per heavy atom. The number of hydrogen-bond acceptors (Lipinski definition) is 5. The molecule has 3 rings (SSSR count). The van der Waals surface area contributed by atoms with Gasteiger partial charge in [0.25, 0.3) is 5.78 Å². The second kappa shape index (κ2) is 5.53. The van der Waals surface area contributed by atoms with E-state index in [1.165, 1.54) is 11.8 Å². The topological polar surface area (TPSA) is 80.4 Å². The number of benzene rings is 1. The number of aromatic carboxylic acids is 1. The molecule has 1 aromatic carbocycles. The van der Waals surface area contributed by atoms with E-state index in [1.807, 2.05) is 25.3 Å². The third-order valence-electron chi connectivity index (χ3n) is 2.87. The van der Waals surface area contributed by atoms with Gasteiger partial charge in [0.2, 0.25) is 5.16 Å². The van der Waals surface area contributed by atoms with Crippen LogP contribution < -0.4 is 0 Å². The fraction of sp³-hybridized carbons (Fsp3) is 0.143. The molecule has 0 aliphatic heterocycles. The zero-order valence-corrected chi connectivity index (χ0v) is 12.0. The van der Waals surface area contributed by atoms with Crippen molar-refractivity contribution in [3.8, 4) is 0 Å². The molecule has 7 heteroatoms. The van der Waals surface area contributed by atoms with Gasteiger partial charge in [0, 0.05) is 17.6 Å². The van der Waals surface area contributed by atoms with Crippen LogP contribution in [-0.2, 0) is 5.75 Å². The SMILES string of the molecule is Cc1ccn2nc(SCc3cccc(C(=O)O)c3)nc2n1. The van der Waals surface area contributed by atoms with Crippen molar-refractivity contribution >= 4 is 23.5 Å². The lowest BCUT2D eigenvalue weighted by molar-refractivity contribution is 0.0697. The minimum Gasteiger partial charge on any atom is -0.478 e. The Kier molecular flexibility index (Phi) is 3.57. The summed E-state index contributed by atoms with van der Waals surface area (Å²) in [5, 5.41) is 13.9. The number of aromatic nitrogens is 4. The minimum atomic E-state index is -0.924. The van der Waals surface area contributed by atoms with Crippen LogP contribution in [0.3, 0.4) is 0 Å². The van der Waals surface area contributed by atoms with Crippen LogP contribution in [-0.4, -0.2) is 30.7 Å². The maximum Gasteiger partial charge on any atom is 0.335 e. The molecule has 6 nitrogen and oxygen atoms in total. The Hall–Kier alpha value is -2.41. The van der Waals surface area contributed by atoms with Crippen molar-refractivity contribution in [3.05, 3.63) is 53.3 Å².